The van der Waals surface area contributed by atoms with E-state index in [9.17, 15) is 14.4 Å². The number of carbonyl (C=O) groups excluding carboxylic acids is 2. The van der Waals surface area contributed by atoms with Gasteiger partial charge in [-0.3, -0.25) is 9.59 Å². The minimum Gasteiger partial charge on any atom is -0.467 e. The largest absolute Gasteiger partial charge is 0.467 e. The van der Waals surface area contributed by atoms with Crippen LogP contribution in [0.4, 0.5) is 0 Å². The highest BCUT2D eigenvalue weighted by molar-refractivity contribution is 5.95. The third-order valence-electron chi connectivity index (χ3n) is 4.42. The lowest BCUT2D eigenvalue weighted by molar-refractivity contribution is -0.142. The van der Waals surface area contributed by atoms with E-state index in [0.717, 1.165) is 16.5 Å². The number of fused-ring (bicyclic) bond motifs is 1. The lowest BCUT2D eigenvalue weighted by atomic mass is 10.0. The zero-order valence-electron chi connectivity index (χ0n) is 15.8. The van der Waals surface area contributed by atoms with Crippen LogP contribution in [0.2, 0.25) is 0 Å². The second-order valence-corrected chi connectivity index (χ2v) is 6.39. The molecule has 3 rings (SSSR count). The number of esters is 1. The molecular formula is C20H22N4O4. The number of carbonyl (C=O) groups is 2. The second-order valence-electron chi connectivity index (χ2n) is 6.39. The first-order valence-electron chi connectivity index (χ1n) is 9.05. The van der Waals surface area contributed by atoms with Crippen LogP contribution in [0, 0.1) is 0 Å². The number of H-pyrrole nitrogens is 1. The lowest BCUT2D eigenvalue weighted by Gasteiger charge is -2.16. The number of amides is 1. The summed E-state index contributed by atoms with van der Waals surface area (Å²) in [5.41, 5.74) is 1.62. The van der Waals surface area contributed by atoms with E-state index < -0.39 is 17.9 Å². The summed E-state index contributed by atoms with van der Waals surface area (Å²) in [6, 6.07) is 9.47. The Bertz CT molecular complexity index is 1050. The van der Waals surface area contributed by atoms with Crippen LogP contribution in [0.15, 0.2) is 47.4 Å². The number of para-hydroxylation sites is 1. The smallest absolute Gasteiger partial charge is 0.328 e. The summed E-state index contributed by atoms with van der Waals surface area (Å²) < 4.78 is 6.09. The Morgan fingerprint density at radius 3 is 2.79 bits per heavy atom. The molecule has 28 heavy (non-hydrogen) atoms. The van der Waals surface area contributed by atoms with Gasteiger partial charge < -0.3 is 15.0 Å². The van der Waals surface area contributed by atoms with Gasteiger partial charge in [-0.25, -0.2) is 9.48 Å². The minimum atomic E-state index is -0.884. The van der Waals surface area contributed by atoms with Gasteiger partial charge >= 0.3 is 5.97 Å². The number of methoxy groups -OCH3 is 1. The van der Waals surface area contributed by atoms with Crippen molar-refractivity contribution < 1.29 is 14.3 Å². The average molecular weight is 382 g/mol. The van der Waals surface area contributed by atoms with Crippen LogP contribution >= 0.6 is 0 Å². The molecule has 2 N–H and O–H groups in total. The highest BCUT2D eigenvalue weighted by Gasteiger charge is 2.24. The molecule has 1 unspecified atom stereocenters. The quantitative estimate of drug-likeness (QED) is 0.605. The molecule has 1 atom stereocenters. The molecule has 8 nitrogen and oxygen atoms in total. The van der Waals surface area contributed by atoms with Crippen molar-refractivity contribution in [3.8, 4) is 0 Å². The summed E-state index contributed by atoms with van der Waals surface area (Å²) in [7, 11) is 1.27. The van der Waals surface area contributed by atoms with Gasteiger partial charge in [-0.15, -0.1) is 0 Å². The maximum Gasteiger partial charge on any atom is 0.328 e. The first-order chi connectivity index (χ1) is 13.5. The molecule has 146 valence electrons. The van der Waals surface area contributed by atoms with Crippen molar-refractivity contribution in [3.63, 3.8) is 0 Å². The number of hydrogen-bond donors (Lipinski definition) is 2. The van der Waals surface area contributed by atoms with Gasteiger partial charge in [0.15, 0.2) is 0 Å². The monoisotopic (exact) mass is 382 g/mol. The number of nitrogens with one attached hydrogen (secondary N) is 2. The Labute approximate surface area is 161 Å². The van der Waals surface area contributed by atoms with Gasteiger partial charge in [-0.2, -0.15) is 5.10 Å². The maximum atomic E-state index is 12.6. The van der Waals surface area contributed by atoms with Crippen LogP contribution in [-0.4, -0.2) is 39.8 Å². The molecule has 0 radical (unpaired) electrons. The molecule has 0 spiro atoms. The molecule has 0 aliphatic carbocycles. The molecule has 0 saturated carbocycles. The third kappa shape index (κ3) is 4.11. The SMILES string of the molecule is CCCn1nc(C(=O)NC(Cc2c[nH]c3ccccc23)C(=O)OC)ccc1=O. The summed E-state index contributed by atoms with van der Waals surface area (Å²) in [4.78, 5) is 39.8. The Kier molecular flexibility index (Phi) is 5.88. The third-order valence-corrected chi connectivity index (χ3v) is 4.42. The van der Waals surface area contributed by atoms with E-state index in [2.05, 4.69) is 15.4 Å². The van der Waals surface area contributed by atoms with E-state index >= 15 is 0 Å². The normalized spacial score (nSPS) is 11.9. The van der Waals surface area contributed by atoms with Crippen molar-refractivity contribution in [1.29, 1.82) is 0 Å². The number of rotatable bonds is 7. The fourth-order valence-electron chi connectivity index (χ4n) is 3.03. The van der Waals surface area contributed by atoms with Crippen molar-refractivity contribution in [2.24, 2.45) is 0 Å². The molecule has 0 saturated heterocycles. The van der Waals surface area contributed by atoms with Crippen molar-refractivity contribution in [3.05, 3.63) is 64.2 Å². The van der Waals surface area contributed by atoms with Crippen molar-refractivity contribution in [2.75, 3.05) is 7.11 Å². The average Bonchev–Trinajstić information content (AvgIpc) is 3.11. The van der Waals surface area contributed by atoms with Gasteiger partial charge in [0.25, 0.3) is 11.5 Å². The number of aromatic amines is 1. The molecule has 1 aromatic carbocycles. The van der Waals surface area contributed by atoms with Gasteiger partial charge in [0.1, 0.15) is 11.7 Å². The molecule has 0 fully saturated rings. The predicted molar refractivity (Wildman–Crippen MR) is 104 cm³/mol. The van der Waals surface area contributed by atoms with E-state index in [0.29, 0.717) is 13.0 Å². The van der Waals surface area contributed by atoms with Crippen LogP contribution in [0.3, 0.4) is 0 Å². The van der Waals surface area contributed by atoms with Crippen molar-refractivity contribution >= 4 is 22.8 Å². The lowest BCUT2D eigenvalue weighted by Crippen LogP contribution is -2.43. The number of ether oxygens (including phenoxy) is 1. The Hall–Kier alpha value is -3.42. The summed E-state index contributed by atoms with van der Waals surface area (Å²) in [5, 5.41) is 7.72. The molecule has 0 aliphatic rings. The predicted octanol–water partition coefficient (Wildman–Crippen LogP) is 1.65. The highest BCUT2D eigenvalue weighted by atomic mass is 16.5. The van der Waals surface area contributed by atoms with Crippen LogP contribution in [0.1, 0.15) is 29.4 Å². The summed E-state index contributed by atoms with van der Waals surface area (Å²) >= 11 is 0. The topological polar surface area (TPSA) is 106 Å². The highest BCUT2D eigenvalue weighted by Crippen LogP contribution is 2.19. The van der Waals surface area contributed by atoms with Crippen molar-refractivity contribution in [2.45, 2.75) is 32.4 Å². The Morgan fingerprint density at radius 1 is 1.25 bits per heavy atom. The molecule has 1 amide bonds. The molecule has 0 bridgehead atoms. The number of aromatic nitrogens is 3. The zero-order valence-corrected chi connectivity index (χ0v) is 15.8. The Morgan fingerprint density at radius 2 is 2.04 bits per heavy atom. The van der Waals surface area contributed by atoms with E-state index in [4.69, 9.17) is 4.74 Å². The molecular weight excluding hydrogens is 360 g/mol. The molecule has 2 aromatic heterocycles. The summed E-state index contributed by atoms with van der Waals surface area (Å²) in [5.74, 6) is -1.10. The summed E-state index contributed by atoms with van der Waals surface area (Å²) in [6.07, 6.45) is 2.78. The number of benzene rings is 1. The van der Waals surface area contributed by atoms with Gasteiger partial charge in [0.2, 0.25) is 0 Å². The first kappa shape index (κ1) is 19.3. The van der Waals surface area contributed by atoms with Crippen molar-refractivity contribution in [1.82, 2.24) is 20.1 Å². The number of aryl methyl sites for hydroxylation is 1. The van der Waals surface area contributed by atoms with Gasteiger partial charge in [-0.1, -0.05) is 25.1 Å². The standard InChI is InChI=1S/C20H22N4O4/c1-3-10-24-18(25)9-8-16(23-24)19(26)22-17(20(27)28-2)11-13-12-21-15-7-5-4-6-14(13)15/h4-9,12,17,21H,3,10-11H2,1-2H3,(H,22,26). The van der Waals surface area contributed by atoms with Gasteiger partial charge in [0, 0.05) is 36.1 Å². The maximum absolute atomic E-state index is 12.6. The van der Waals surface area contributed by atoms with E-state index in [1.807, 2.05) is 37.4 Å². The number of hydrogen-bond acceptors (Lipinski definition) is 5. The van der Waals surface area contributed by atoms with E-state index in [1.165, 1.54) is 23.9 Å². The van der Waals surface area contributed by atoms with Crippen LogP contribution in [-0.2, 0) is 22.5 Å². The second kappa shape index (κ2) is 8.51. The van der Waals surface area contributed by atoms with Crippen LogP contribution in [0.5, 0.6) is 0 Å². The molecule has 2 heterocycles. The molecule has 8 heteroatoms. The van der Waals surface area contributed by atoms with Gasteiger partial charge in [-0.05, 0) is 24.1 Å². The van der Waals surface area contributed by atoms with Crippen LogP contribution in [0.25, 0.3) is 10.9 Å². The minimum absolute atomic E-state index is 0.0703. The number of nitrogens with zero attached hydrogens (tertiary/aromatic N) is 2. The molecule has 3 aromatic rings. The van der Waals surface area contributed by atoms with Gasteiger partial charge in [0.05, 0.1) is 7.11 Å². The summed E-state index contributed by atoms with van der Waals surface area (Å²) in [6.45, 7) is 2.32. The Balaban J connectivity index is 1.83. The van der Waals surface area contributed by atoms with E-state index in [-0.39, 0.29) is 17.7 Å². The zero-order chi connectivity index (χ0) is 20.1. The first-order valence-corrected chi connectivity index (χ1v) is 9.05. The van der Waals surface area contributed by atoms with E-state index in [1.54, 1.807) is 0 Å². The molecule has 0 aliphatic heterocycles. The fourth-order valence-corrected chi connectivity index (χ4v) is 3.03. The van der Waals surface area contributed by atoms with Crippen LogP contribution < -0.4 is 10.9 Å². The fraction of sp³-hybridized carbons (Fsp3) is 0.300.